The predicted octanol–water partition coefficient (Wildman–Crippen LogP) is 0.897. The molecule has 104 valence electrons. The van der Waals surface area contributed by atoms with Gasteiger partial charge in [0.1, 0.15) is 0 Å². The second-order valence-corrected chi connectivity index (χ2v) is 4.01. The molecule has 0 aromatic carbocycles. The van der Waals surface area contributed by atoms with E-state index in [1.807, 2.05) is 0 Å². The van der Waals surface area contributed by atoms with Crippen LogP contribution in [0.1, 0.15) is 20.3 Å². The molecule has 1 amide bonds. The predicted molar refractivity (Wildman–Crippen MR) is 76.3 cm³/mol. The van der Waals surface area contributed by atoms with Gasteiger partial charge in [-0.25, -0.2) is 0 Å². The molecule has 0 radical (unpaired) electrons. The van der Waals surface area contributed by atoms with Crippen LogP contribution in [0.2, 0.25) is 0 Å². The number of halogens is 2. The molecular formula is C11H25Cl2N3O. The molecular weight excluding hydrogens is 261 g/mol. The van der Waals surface area contributed by atoms with Crippen LogP contribution in [0.25, 0.3) is 0 Å². The van der Waals surface area contributed by atoms with Gasteiger partial charge in [0, 0.05) is 19.6 Å². The highest BCUT2D eigenvalue weighted by molar-refractivity contribution is 5.85. The van der Waals surface area contributed by atoms with Gasteiger partial charge in [0.15, 0.2) is 0 Å². The van der Waals surface area contributed by atoms with Crippen molar-refractivity contribution in [3.63, 3.8) is 0 Å². The summed E-state index contributed by atoms with van der Waals surface area (Å²) in [5, 5.41) is 6.21. The molecule has 2 N–H and O–H groups in total. The Morgan fingerprint density at radius 1 is 1.35 bits per heavy atom. The lowest BCUT2D eigenvalue weighted by atomic mass is 10.1. The van der Waals surface area contributed by atoms with Crippen LogP contribution in [0.3, 0.4) is 0 Å². The van der Waals surface area contributed by atoms with Crippen LogP contribution in [0, 0.1) is 5.92 Å². The summed E-state index contributed by atoms with van der Waals surface area (Å²) in [6, 6.07) is 0. The Morgan fingerprint density at radius 2 is 2.00 bits per heavy atom. The third kappa shape index (κ3) is 7.09. The average Bonchev–Trinajstić information content (AvgIpc) is 2.77. The van der Waals surface area contributed by atoms with Gasteiger partial charge >= 0.3 is 0 Å². The lowest BCUT2D eigenvalue weighted by Gasteiger charge is -2.18. The zero-order valence-corrected chi connectivity index (χ0v) is 12.3. The molecule has 1 heterocycles. The molecule has 17 heavy (non-hydrogen) atoms. The first-order valence-electron chi connectivity index (χ1n) is 5.98. The highest BCUT2D eigenvalue weighted by atomic mass is 35.5. The van der Waals surface area contributed by atoms with Gasteiger partial charge in [0.05, 0.1) is 5.92 Å². The SMILES string of the molecule is CCN(CC)CCNC(=O)C1CCNC1.Cl.Cl. The maximum atomic E-state index is 11.6. The van der Waals surface area contributed by atoms with Crippen molar-refractivity contribution in [2.45, 2.75) is 20.3 Å². The first-order valence-corrected chi connectivity index (χ1v) is 5.98. The smallest absolute Gasteiger partial charge is 0.224 e. The molecule has 1 rings (SSSR count). The lowest BCUT2D eigenvalue weighted by Crippen LogP contribution is -2.38. The summed E-state index contributed by atoms with van der Waals surface area (Å²) in [4.78, 5) is 13.9. The monoisotopic (exact) mass is 285 g/mol. The fourth-order valence-electron chi connectivity index (χ4n) is 1.90. The van der Waals surface area contributed by atoms with Crippen LogP contribution in [-0.2, 0) is 4.79 Å². The molecule has 0 aliphatic carbocycles. The fraction of sp³-hybridized carbons (Fsp3) is 0.909. The Labute approximate surface area is 117 Å². The number of rotatable bonds is 6. The molecule has 0 aromatic rings. The Morgan fingerprint density at radius 3 is 2.47 bits per heavy atom. The second-order valence-electron chi connectivity index (χ2n) is 4.01. The Kier molecular flexibility index (Phi) is 12.6. The molecule has 0 spiro atoms. The standard InChI is InChI=1S/C11H23N3O.2ClH/c1-3-14(4-2)8-7-13-11(15)10-5-6-12-9-10;;/h10,12H,3-9H2,1-2H3,(H,13,15);2*1H. The van der Waals surface area contributed by atoms with Crippen molar-refractivity contribution < 1.29 is 4.79 Å². The van der Waals surface area contributed by atoms with Gasteiger partial charge in [-0.05, 0) is 26.1 Å². The first-order chi connectivity index (χ1) is 7.27. The number of hydrogen-bond acceptors (Lipinski definition) is 3. The molecule has 1 aliphatic rings. The van der Waals surface area contributed by atoms with Crippen LogP contribution >= 0.6 is 24.8 Å². The van der Waals surface area contributed by atoms with Gasteiger partial charge in [-0.15, -0.1) is 24.8 Å². The van der Waals surface area contributed by atoms with E-state index >= 15 is 0 Å². The lowest BCUT2D eigenvalue weighted by molar-refractivity contribution is -0.124. The van der Waals surface area contributed by atoms with Crippen molar-refractivity contribution in [2.24, 2.45) is 5.92 Å². The second kappa shape index (κ2) is 11.1. The van der Waals surface area contributed by atoms with Crippen molar-refractivity contribution >= 4 is 30.7 Å². The summed E-state index contributed by atoms with van der Waals surface area (Å²) in [5.41, 5.74) is 0. The van der Waals surface area contributed by atoms with E-state index in [1.54, 1.807) is 0 Å². The molecule has 6 heteroatoms. The van der Waals surface area contributed by atoms with E-state index in [0.29, 0.717) is 0 Å². The number of nitrogens with zero attached hydrogens (tertiary/aromatic N) is 1. The number of hydrogen-bond donors (Lipinski definition) is 2. The van der Waals surface area contributed by atoms with E-state index in [-0.39, 0.29) is 36.6 Å². The quantitative estimate of drug-likeness (QED) is 0.762. The van der Waals surface area contributed by atoms with Crippen molar-refractivity contribution in [3.8, 4) is 0 Å². The molecule has 4 nitrogen and oxygen atoms in total. The Hall–Kier alpha value is -0.0300. The van der Waals surface area contributed by atoms with Crippen LogP contribution < -0.4 is 10.6 Å². The summed E-state index contributed by atoms with van der Waals surface area (Å²) in [6.45, 7) is 9.95. The largest absolute Gasteiger partial charge is 0.355 e. The van der Waals surface area contributed by atoms with Crippen molar-refractivity contribution in [2.75, 3.05) is 39.3 Å². The minimum Gasteiger partial charge on any atom is -0.355 e. The molecule has 0 bridgehead atoms. The highest BCUT2D eigenvalue weighted by Crippen LogP contribution is 2.06. The number of likely N-dealkylation sites (N-methyl/N-ethyl adjacent to an activating group) is 1. The average molecular weight is 286 g/mol. The van der Waals surface area contributed by atoms with Crippen molar-refractivity contribution in [1.82, 2.24) is 15.5 Å². The highest BCUT2D eigenvalue weighted by Gasteiger charge is 2.21. The third-order valence-corrected chi connectivity index (χ3v) is 3.05. The van der Waals surface area contributed by atoms with E-state index in [0.717, 1.165) is 45.7 Å². The minimum absolute atomic E-state index is 0. The maximum Gasteiger partial charge on any atom is 0.224 e. The van der Waals surface area contributed by atoms with E-state index < -0.39 is 0 Å². The zero-order chi connectivity index (χ0) is 11.1. The van der Waals surface area contributed by atoms with Crippen molar-refractivity contribution in [3.05, 3.63) is 0 Å². The van der Waals surface area contributed by atoms with Gasteiger partial charge in [-0.2, -0.15) is 0 Å². The molecule has 0 aromatic heterocycles. The fourth-order valence-corrected chi connectivity index (χ4v) is 1.90. The normalized spacial score (nSPS) is 18.4. The number of nitrogens with one attached hydrogen (secondary N) is 2. The Bertz CT molecular complexity index is 195. The van der Waals surface area contributed by atoms with E-state index in [9.17, 15) is 4.79 Å². The van der Waals surface area contributed by atoms with Gasteiger partial charge in [0.25, 0.3) is 0 Å². The van der Waals surface area contributed by atoms with Crippen LogP contribution in [0.15, 0.2) is 0 Å². The number of carbonyl (C=O) groups excluding carboxylic acids is 1. The third-order valence-electron chi connectivity index (χ3n) is 3.05. The molecule has 1 atom stereocenters. The zero-order valence-electron chi connectivity index (χ0n) is 10.7. The van der Waals surface area contributed by atoms with Gasteiger partial charge < -0.3 is 15.5 Å². The molecule has 1 unspecified atom stereocenters. The summed E-state index contributed by atoms with van der Waals surface area (Å²) in [7, 11) is 0. The van der Waals surface area contributed by atoms with Gasteiger partial charge in [-0.1, -0.05) is 13.8 Å². The number of carbonyl (C=O) groups is 1. The summed E-state index contributed by atoms with van der Waals surface area (Å²) < 4.78 is 0. The molecule has 1 saturated heterocycles. The molecule has 1 aliphatic heterocycles. The van der Waals surface area contributed by atoms with Gasteiger partial charge in [0.2, 0.25) is 5.91 Å². The molecule has 0 saturated carbocycles. The summed E-state index contributed by atoms with van der Waals surface area (Å²) in [6.07, 6.45) is 0.983. The van der Waals surface area contributed by atoms with Crippen LogP contribution in [0.4, 0.5) is 0 Å². The first kappa shape index (κ1) is 19.3. The van der Waals surface area contributed by atoms with Crippen LogP contribution in [-0.4, -0.2) is 50.1 Å². The minimum atomic E-state index is 0. The van der Waals surface area contributed by atoms with E-state index in [1.165, 1.54) is 0 Å². The Balaban J connectivity index is 0. The maximum absolute atomic E-state index is 11.6. The van der Waals surface area contributed by atoms with E-state index in [4.69, 9.17) is 0 Å². The summed E-state index contributed by atoms with van der Waals surface area (Å²) >= 11 is 0. The topological polar surface area (TPSA) is 44.4 Å². The van der Waals surface area contributed by atoms with E-state index in [2.05, 4.69) is 29.4 Å². The van der Waals surface area contributed by atoms with Crippen molar-refractivity contribution in [1.29, 1.82) is 0 Å². The number of amides is 1. The van der Waals surface area contributed by atoms with Gasteiger partial charge in [-0.3, -0.25) is 4.79 Å². The molecule has 1 fully saturated rings. The van der Waals surface area contributed by atoms with Crippen LogP contribution in [0.5, 0.6) is 0 Å². The summed E-state index contributed by atoms with van der Waals surface area (Å²) in [5.74, 6) is 0.411.